The zero-order valence-electron chi connectivity index (χ0n) is 9.87. The van der Waals surface area contributed by atoms with Gasteiger partial charge in [-0.05, 0) is 30.5 Å². The fraction of sp³-hybridized carbons (Fsp3) is 0.0769. The van der Waals surface area contributed by atoms with Gasteiger partial charge in [-0.15, -0.1) is 11.3 Å². The molecule has 0 saturated heterocycles. The molecule has 0 aliphatic rings. The molecule has 0 spiro atoms. The van der Waals surface area contributed by atoms with Crippen LogP contribution in [0.5, 0.6) is 0 Å². The lowest BCUT2D eigenvalue weighted by molar-refractivity contribution is 0.861. The van der Waals surface area contributed by atoms with Crippen LogP contribution in [0.25, 0.3) is 16.4 Å². The summed E-state index contributed by atoms with van der Waals surface area (Å²) in [6.07, 6.45) is 1.73. The monoisotopic (exact) mass is 256 g/mol. The van der Waals surface area contributed by atoms with Gasteiger partial charge < -0.3 is 5.73 Å². The number of thiophene rings is 1. The van der Waals surface area contributed by atoms with Crippen LogP contribution in [0.15, 0.2) is 41.9 Å². The number of nitrogens with two attached hydrogens (primary N) is 1. The lowest BCUT2D eigenvalue weighted by atomic mass is 10.2. The molecule has 3 aromatic rings. The van der Waals surface area contributed by atoms with Gasteiger partial charge in [-0.1, -0.05) is 12.1 Å². The third-order valence-electron chi connectivity index (χ3n) is 2.79. The SMILES string of the molecule is Cc1c(-c2cccs2)nn(-c2ccccn2)c1N. The summed E-state index contributed by atoms with van der Waals surface area (Å²) >= 11 is 1.66. The maximum absolute atomic E-state index is 6.11. The molecule has 0 atom stereocenters. The third-order valence-corrected chi connectivity index (χ3v) is 3.67. The fourth-order valence-electron chi connectivity index (χ4n) is 1.81. The second kappa shape index (κ2) is 4.27. The van der Waals surface area contributed by atoms with E-state index in [1.54, 1.807) is 22.2 Å². The largest absolute Gasteiger partial charge is 0.383 e. The number of nitrogens with zero attached hydrogens (tertiary/aromatic N) is 3. The minimum Gasteiger partial charge on any atom is -0.383 e. The van der Waals surface area contributed by atoms with Gasteiger partial charge in [0.1, 0.15) is 11.5 Å². The Morgan fingerprint density at radius 1 is 1.22 bits per heavy atom. The van der Waals surface area contributed by atoms with Gasteiger partial charge in [0, 0.05) is 11.8 Å². The molecule has 3 heterocycles. The van der Waals surface area contributed by atoms with Gasteiger partial charge in [0.2, 0.25) is 0 Å². The predicted molar refractivity (Wildman–Crippen MR) is 73.8 cm³/mol. The number of hydrogen-bond acceptors (Lipinski definition) is 4. The maximum atomic E-state index is 6.11. The highest BCUT2D eigenvalue weighted by molar-refractivity contribution is 7.13. The van der Waals surface area contributed by atoms with Crippen molar-refractivity contribution in [3.8, 4) is 16.4 Å². The van der Waals surface area contributed by atoms with Gasteiger partial charge in [-0.2, -0.15) is 9.78 Å². The van der Waals surface area contributed by atoms with Crippen LogP contribution in [-0.4, -0.2) is 14.8 Å². The molecule has 3 aromatic heterocycles. The first kappa shape index (κ1) is 11.0. The summed E-state index contributed by atoms with van der Waals surface area (Å²) in [5.41, 5.74) is 8.02. The summed E-state index contributed by atoms with van der Waals surface area (Å²) in [7, 11) is 0. The van der Waals surface area contributed by atoms with Gasteiger partial charge in [0.25, 0.3) is 0 Å². The smallest absolute Gasteiger partial charge is 0.155 e. The van der Waals surface area contributed by atoms with E-state index >= 15 is 0 Å². The van der Waals surface area contributed by atoms with E-state index in [1.165, 1.54) is 0 Å². The number of nitrogen functional groups attached to an aromatic ring is 1. The molecular weight excluding hydrogens is 244 g/mol. The van der Waals surface area contributed by atoms with E-state index in [-0.39, 0.29) is 0 Å². The molecule has 0 radical (unpaired) electrons. The van der Waals surface area contributed by atoms with E-state index in [0.29, 0.717) is 5.82 Å². The van der Waals surface area contributed by atoms with E-state index in [0.717, 1.165) is 22.0 Å². The zero-order valence-corrected chi connectivity index (χ0v) is 10.7. The lowest BCUT2D eigenvalue weighted by Gasteiger charge is -2.01. The summed E-state index contributed by atoms with van der Waals surface area (Å²) in [5.74, 6) is 1.37. The Hall–Kier alpha value is -2.14. The van der Waals surface area contributed by atoms with Gasteiger partial charge in [-0.25, -0.2) is 4.98 Å². The predicted octanol–water partition coefficient (Wildman–Crippen LogP) is 2.89. The van der Waals surface area contributed by atoms with Crippen molar-refractivity contribution in [1.82, 2.24) is 14.8 Å². The lowest BCUT2D eigenvalue weighted by Crippen LogP contribution is -2.03. The van der Waals surface area contributed by atoms with Gasteiger partial charge in [0.15, 0.2) is 5.82 Å². The van der Waals surface area contributed by atoms with Crippen molar-refractivity contribution in [3.05, 3.63) is 47.5 Å². The summed E-state index contributed by atoms with van der Waals surface area (Å²) in [5, 5.41) is 6.59. The first-order valence-electron chi connectivity index (χ1n) is 5.58. The first-order valence-corrected chi connectivity index (χ1v) is 6.45. The molecule has 0 amide bonds. The molecule has 90 valence electrons. The standard InChI is InChI=1S/C13H12N4S/c1-9-12(10-5-4-8-18-10)16-17(13(9)14)11-6-2-3-7-15-11/h2-8H,14H2,1H3. The molecule has 0 aliphatic heterocycles. The Morgan fingerprint density at radius 2 is 2.11 bits per heavy atom. The van der Waals surface area contributed by atoms with Crippen LogP contribution in [0, 0.1) is 6.92 Å². The normalized spacial score (nSPS) is 10.7. The van der Waals surface area contributed by atoms with Crippen LogP contribution in [0.2, 0.25) is 0 Å². The third kappa shape index (κ3) is 1.69. The molecule has 0 bridgehead atoms. The Labute approximate surface area is 109 Å². The van der Waals surface area contributed by atoms with Crippen LogP contribution in [-0.2, 0) is 0 Å². The highest BCUT2D eigenvalue weighted by Gasteiger charge is 2.15. The summed E-state index contributed by atoms with van der Waals surface area (Å²) < 4.78 is 1.68. The minimum absolute atomic E-state index is 0.636. The Balaban J connectivity index is 2.16. The molecule has 5 heteroatoms. The van der Waals surface area contributed by atoms with Crippen LogP contribution >= 0.6 is 11.3 Å². The summed E-state index contributed by atoms with van der Waals surface area (Å²) in [6.45, 7) is 1.98. The van der Waals surface area contributed by atoms with Crippen LogP contribution < -0.4 is 5.73 Å². The Kier molecular flexibility index (Phi) is 2.60. The minimum atomic E-state index is 0.636. The molecule has 0 aromatic carbocycles. The number of rotatable bonds is 2. The van der Waals surface area contributed by atoms with Gasteiger partial charge in [0.05, 0.1) is 4.88 Å². The second-order valence-electron chi connectivity index (χ2n) is 3.94. The van der Waals surface area contributed by atoms with E-state index < -0.39 is 0 Å². The Bertz CT molecular complexity index is 656. The van der Waals surface area contributed by atoms with E-state index in [9.17, 15) is 0 Å². The van der Waals surface area contributed by atoms with Crippen molar-refractivity contribution in [2.24, 2.45) is 0 Å². The van der Waals surface area contributed by atoms with Crippen LogP contribution in [0.4, 0.5) is 5.82 Å². The molecule has 4 nitrogen and oxygen atoms in total. The second-order valence-corrected chi connectivity index (χ2v) is 4.88. The molecule has 2 N–H and O–H groups in total. The van der Waals surface area contributed by atoms with Crippen molar-refractivity contribution in [3.63, 3.8) is 0 Å². The van der Waals surface area contributed by atoms with E-state index in [2.05, 4.69) is 10.1 Å². The van der Waals surface area contributed by atoms with Crippen molar-refractivity contribution in [1.29, 1.82) is 0 Å². The quantitative estimate of drug-likeness (QED) is 0.767. The Morgan fingerprint density at radius 3 is 2.78 bits per heavy atom. The highest BCUT2D eigenvalue weighted by atomic mass is 32.1. The molecule has 0 aliphatic carbocycles. The number of anilines is 1. The molecule has 0 fully saturated rings. The van der Waals surface area contributed by atoms with Gasteiger partial charge in [-0.3, -0.25) is 0 Å². The molecule has 3 rings (SSSR count). The summed E-state index contributed by atoms with van der Waals surface area (Å²) in [6, 6.07) is 9.73. The molecule has 18 heavy (non-hydrogen) atoms. The van der Waals surface area contributed by atoms with E-state index in [1.807, 2.05) is 42.6 Å². The van der Waals surface area contributed by atoms with E-state index in [4.69, 9.17) is 5.73 Å². The number of hydrogen-bond donors (Lipinski definition) is 1. The van der Waals surface area contributed by atoms with Crippen molar-refractivity contribution < 1.29 is 0 Å². The molecule has 0 unspecified atom stereocenters. The topological polar surface area (TPSA) is 56.7 Å². The maximum Gasteiger partial charge on any atom is 0.155 e. The highest BCUT2D eigenvalue weighted by Crippen LogP contribution is 2.30. The number of aromatic nitrogens is 3. The summed E-state index contributed by atoms with van der Waals surface area (Å²) in [4.78, 5) is 5.39. The van der Waals surface area contributed by atoms with Crippen LogP contribution in [0.3, 0.4) is 0 Å². The fourth-order valence-corrected chi connectivity index (χ4v) is 2.58. The van der Waals surface area contributed by atoms with Gasteiger partial charge >= 0.3 is 0 Å². The molecule has 0 saturated carbocycles. The average molecular weight is 256 g/mol. The zero-order chi connectivity index (χ0) is 12.5. The first-order chi connectivity index (χ1) is 8.77. The average Bonchev–Trinajstić information content (AvgIpc) is 3.01. The van der Waals surface area contributed by atoms with Crippen LogP contribution in [0.1, 0.15) is 5.56 Å². The number of pyridine rings is 1. The molecular formula is C13H12N4S. The van der Waals surface area contributed by atoms with Crippen molar-refractivity contribution in [2.45, 2.75) is 6.92 Å². The van der Waals surface area contributed by atoms with Crippen molar-refractivity contribution in [2.75, 3.05) is 5.73 Å². The van der Waals surface area contributed by atoms with Crippen molar-refractivity contribution >= 4 is 17.2 Å².